The van der Waals surface area contributed by atoms with Crippen LogP contribution in [0.2, 0.25) is 0 Å². The van der Waals surface area contributed by atoms with Gasteiger partial charge in [-0.2, -0.15) is 5.26 Å². The van der Waals surface area contributed by atoms with Crippen molar-refractivity contribution in [3.05, 3.63) is 0 Å². The van der Waals surface area contributed by atoms with Crippen molar-refractivity contribution in [1.29, 1.82) is 5.26 Å². The third kappa shape index (κ3) is 3.31. The lowest BCUT2D eigenvalue weighted by molar-refractivity contribution is -0.207. The summed E-state index contributed by atoms with van der Waals surface area (Å²) in [5.41, 5.74) is 11.2. The number of fused-ring (bicyclic) bond motifs is 1. The van der Waals surface area contributed by atoms with E-state index >= 15 is 0 Å². The molecule has 5 N–H and O–H groups in total. The molecule has 31 heavy (non-hydrogen) atoms. The van der Waals surface area contributed by atoms with Gasteiger partial charge in [0.05, 0.1) is 18.5 Å². The fourth-order valence-corrected chi connectivity index (χ4v) is 7.60. The minimum absolute atomic E-state index is 0.137. The number of carbonyl (C=O) groups excluding carboxylic acids is 2. The number of hydrogen-bond acceptors (Lipinski definition) is 7. The Kier molecular flexibility index (Phi) is 4.61. The summed E-state index contributed by atoms with van der Waals surface area (Å²) in [6, 6.07) is 0.0966. The van der Waals surface area contributed by atoms with Gasteiger partial charge in [0.1, 0.15) is 17.7 Å². The van der Waals surface area contributed by atoms with E-state index in [1.807, 2.05) is 0 Å². The summed E-state index contributed by atoms with van der Waals surface area (Å²) in [7, 11) is 0. The predicted molar refractivity (Wildman–Crippen MR) is 107 cm³/mol. The molecule has 9 heteroatoms. The Morgan fingerprint density at radius 2 is 1.81 bits per heavy atom. The van der Waals surface area contributed by atoms with Crippen LogP contribution in [-0.2, 0) is 19.1 Å². The van der Waals surface area contributed by atoms with E-state index in [2.05, 4.69) is 6.07 Å². The summed E-state index contributed by atoms with van der Waals surface area (Å²) in [4.78, 5) is 38.7. The molecule has 0 aromatic carbocycles. The first-order valence-corrected chi connectivity index (χ1v) is 11.3. The molecule has 1 aliphatic heterocycles. The van der Waals surface area contributed by atoms with Gasteiger partial charge in [-0.05, 0) is 74.5 Å². The van der Waals surface area contributed by atoms with Crippen LogP contribution >= 0.6 is 0 Å². The van der Waals surface area contributed by atoms with E-state index < -0.39 is 47.5 Å². The van der Waals surface area contributed by atoms with E-state index in [0.717, 1.165) is 32.1 Å². The van der Waals surface area contributed by atoms with E-state index in [0.29, 0.717) is 37.0 Å². The van der Waals surface area contributed by atoms with Crippen molar-refractivity contribution in [2.24, 2.45) is 34.6 Å². The number of ether oxygens (including phenoxy) is 1. The molecule has 0 spiro atoms. The standard InChI is InChI=1S/C22H30N4O5/c23-9-14-2-13-3-16(13)26(14)19(29)18(25)21-5-11-1-12(6-21)8-22(7-11,10-21)31-20(30)15(24)4-17(27)28/h11-16,18H,1-8,10,24-25H2,(H,27,28)/t11?,12?,13-,14+,15+,16+,18-,21?,22?/m1/s1. The number of carboxylic acids is 1. The number of piperidine rings is 1. The second-order valence-electron chi connectivity index (χ2n) is 10.8. The van der Waals surface area contributed by atoms with Gasteiger partial charge in [-0.1, -0.05) is 0 Å². The van der Waals surface area contributed by atoms with Gasteiger partial charge in [-0.25, -0.2) is 0 Å². The highest BCUT2D eigenvalue weighted by molar-refractivity contribution is 5.85. The molecule has 168 valence electrons. The van der Waals surface area contributed by atoms with E-state index in [1.54, 1.807) is 4.90 Å². The quantitative estimate of drug-likeness (QED) is 0.514. The van der Waals surface area contributed by atoms with E-state index in [4.69, 9.17) is 21.3 Å². The molecule has 0 aromatic heterocycles. The Bertz CT molecular complexity index is 854. The third-order valence-corrected chi connectivity index (χ3v) is 8.50. The Labute approximate surface area is 181 Å². The van der Waals surface area contributed by atoms with Gasteiger partial charge in [0.2, 0.25) is 5.91 Å². The minimum atomic E-state index is -1.20. The lowest BCUT2D eigenvalue weighted by Gasteiger charge is -2.62. The number of carbonyl (C=O) groups is 3. The minimum Gasteiger partial charge on any atom is -0.481 e. The van der Waals surface area contributed by atoms with E-state index in [9.17, 15) is 19.6 Å². The number of rotatable bonds is 6. The zero-order chi connectivity index (χ0) is 22.1. The predicted octanol–water partition coefficient (Wildman–Crippen LogP) is 0.511. The molecule has 2 unspecified atom stereocenters. The highest BCUT2D eigenvalue weighted by atomic mass is 16.6. The Morgan fingerprint density at radius 1 is 1.13 bits per heavy atom. The summed E-state index contributed by atoms with van der Waals surface area (Å²) in [6.45, 7) is 0. The van der Waals surface area contributed by atoms with Crippen molar-refractivity contribution in [2.45, 2.75) is 87.6 Å². The van der Waals surface area contributed by atoms with Gasteiger partial charge in [-0.15, -0.1) is 0 Å². The summed E-state index contributed by atoms with van der Waals surface area (Å²) in [5, 5.41) is 18.4. The SMILES string of the molecule is N#C[C@@H]1C[C@@H]2C[C@@H]2N1C(=O)[C@@H](N)C12CC3CC(CC(OC(=O)[C@@H](N)CC(=O)O)(C3)C1)C2. The van der Waals surface area contributed by atoms with Crippen LogP contribution in [0.1, 0.15) is 57.8 Å². The van der Waals surface area contributed by atoms with Gasteiger partial charge >= 0.3 is 11.9 Å². The number of hydrogen-bond donors (Lipinski definition) is 3. The third-order valence-electron chi connectivity index (χ3n) is 8.50. The Morgan fingerprint density at radius 3 is 2.42 bits per heavy atom. The van der Waals surface area contributed by atoms with Crippen molar-refractivity contribution in [3.63, 3.8) is 0 Å². The van der Waals surface area contributed by atoms with Crippen LogP contribution in [0.15, 0.2) is 0 Å². The first-order chi connectivity index (χ1) is 14.7. The second-order valence-corrected chi connectivity index (χ2v) is 10.8. The summed E-state index contributed by atoms with van der Waals surface area (Å²) < 4.78 is 5.91. The highest BCUT2D eigenvalue weighted by Crippen LogP contribution is 2.64. The number of likely N-dealkylation sites (tertiary alicyclic amines) is 1. The van der Waals surface area contributed by atoms with Crippen LogP contribution in [0, 0.1) is 34.5 Å². The number of aliphatic carboxylic acids is 1. The van der Waals surface area contributed by atoms with Gasteiger partial charge in [0.25, 0.3) is 0 Å². The normalized spacial score (nSPS) is 43.6. The number of nitriles is 1. The maximum absolute atomic E-state index is 13.5. The smallest absolute Gasteiger partial charge is 0.324 e. The van der Waals surface area contributed by atoms with Crippen molar-refractivity contribution >= 4 is 17.8 Å². The molecule has 6 fully saturated rings. The Hall–Kier alpha value is -2.18. The van der Waals surface area contributed by atoms with Gasteiger partial charge in [0.15, 0.2) is 0 Å². The molecular formula is C22H30N4O5. The first kappa shape index (κ1) is 20.7. The van der Waals surface area contributed by atoms with Crippen molar-refractivity contribution in [3.8, 4) is 6.07 Å². The second kappa shape index (κ2) is 6.91. The number of carboxylic acid groups (broad SMARTS) is 1. The van der Waals surface area contributed by atoms with Crippen molar-refractivity contribution in [2.75, 3.05) is 0 Å². The Balaban J connectivity index is 1.36. The molecule has 5 saturated carbocycles. The zero-order valence-electron chi connectivity index (χ0n) is 17.5. The first-order valence-electron chi connectivity index (χ1n) is 11.3. The largest absolute Gasteiger partial charge is 0.481 e. The number of esters is 1. The summed E-state index contributed by atoms with van der Waals surface area (Å²) >= 11 is 0. The number of nitrogens with two attached hydrogens (primary N) is 2. The molecule has 0 radical (unpaired) electrons. The average Bonchev–Trinajstić information content (AvgIpc) is 3.34. The fourth-order valence-electron chi connectivity index (χ4n) is 7.60. The van der Waals surface area contributed by atoms with Crippen LogP contribution in [0.3, 0.4) is 0 Å². The number of nitrogens with zero attached hydrogens (tertiary/aromatic N) is 2. The van der Waals surface area contributed by atoms with Crippen LogP contribution in [0.5, 0.6) is 0 Å². The molecule has 6 aliphatic rings. The summed E-state index contributed by atoms with van der Waals surface area (Å²) in [6.07, 6.45) is 5.85. The molecule has 1 saturated heterocycles. The molecule has 5 aliphatic carbocycles. The highest BCUT2D eigenvalue weighted by Gasteiger charge is 2.64. The maximum Gasteiger partial charge on any atom is 0.324 e. The van der Waals surface area contributed by atoms with Gasteiger partial charge in [-0.3, -0.25) is 14.4 Å². The maximum atomic E-state index is 13.5. The van der Waals surface area contributed by atoms with Crippen LogP contribution in [0.25, 0.3) is 0 Å². The van der Waals surface area contributed by atoms with Crippen LogP contribution < -0.4 is 11.5 Å². The molecule has 0 aromatic rings. The lowest BCUT2D eigenvalue weighted by atomic mass is 9.46. The molecule has 7 atom stereocenters. The summed E-state index contributed by atoms with van der Waals surface area (Å²) in [5.74, 6) is -0.896. The van der Waals surface area contributed by atoms with Crippen molar-refractivity contribution < 1.29 is 24.2 Å². The van der Waals surface area contributed by atoms with Crippen LogP contribution in [-0.4, -0.2) is 57.6 Å². The number of amides is 1. The van der Waals surface area contributed by atoms with E-state index in [1.165, 1.54) is 0 Å². The molecule has 6 rings (SSSR count). The monoisotopic (exact) mass is 430 g/mol. The van der Waals surface area contributed by atoms with Crippen LogP contribution in [0.4, 0.5) is 0 Å². The molecule has 1 heterocycles. The van der Waals surface area contributed by atoms with Crippen molar-refractivity contribution in [1.82, 2.24) is 4.90 Å². The molecular weight excluding hydrogens is 400 g/mol. The fraction of sp³-hybridized carbons (Fsp3) is 0.818. The molecule has 9 nitrogen and oxygen atoms in total. The van der Waals surface area contributed by atoms with Gasteiger partial charge < -0.3 is 26.2 Å². The average molecular weight is 431 g/mol. The molecule has 1 amide bonds. The van der Waals surface area contributed by atoms with Gasteiger partial charge in [0, 0.05) is 6.04 Å². The topological polar surface area (TPSA) is 160 Å². The zero-order valence-corrected chi connectivity index (χ0v) is 17.5. The molecule has 4 bridgehead atoms. The lowest BCUT2D eigenvalue weighted by Crippen LogP contribution is -2.66. The van der Waals surface area contributed by atoms with E-state index in [-0.39, 0.29) is 11.9 Å².